The second-order valence-electron chi connectivity index (χ2n) is 3.47. The lowest BCUT2D eigenvalue weighted by Crippen LogP contribution is -2.32. The van der Waals surface area contributed by atoms with Crippen molar-refractivity contribution < 1.29 is 19.4 Å². The number of rotatable bonds is 2. The highest BCUT2D eigenvalue weighted by molar-refractivity contribution is 8.06. The molecule has 3 N–H and O–H groups in total. The quantitative estimate of drug-likeness (QED) is 0.701. The van der Waals surface area contributed by atoms with Crippen molar-refractivity contribution >= 4 is 30.1 Å². The molecule has 0 fully saturated rings. The number of hydrogen-bond donors (Lipinski definition) is 3. The van der Waals surface area contributed by atoms with E-state index in [4.69, 9.17) is 14.3 Å². The average Bonchev–Trinajstić information content (AvgIpc) is 2.31. The first-order chi connectivity index (χ1) is 8.46. The topological polar surface area (TPSA) is 85.5 Å². The van der Waals surface area contributed by atoms with Crippen LogP contribution in [0.25, 0.3) is 0 Å². The molecule has 1 atom stereocenters. The zero-order valence-electron chi connectivity index (χ0n) is 9.12. The fourth-order valence-electron chi connectivity index (χ4n) is 1.41. The van der Waals surface area contributed by atoms with Crippen molar-refractivity contribution in [2.75, 3.05) is 5.01 Å². The van der Waals surface area contributed by atoms with E-state index in [1.165, 1.54) is 17.2 Å². The van der Waals surface area contributed by atoms with Gasteiger partial charge >= 0.3 is 6.72 Å². The molecule has 0 saturated heterocycles. The molecule has 0 saturated carbocycles. The Balaban J connectivity index is 2.25. The molecule has 2 rings (SSSR count). The van der Waals surface area contributed by atoms with Crippen LogP contribution in [-0.2, 0) is 16.3 Å². The van der Waals surface area contributed by atoms with Crippen LogP contribution in [0.5, 0.6) is 0 Å². The van der Waals surface area contributed by atoms with Crippen LogP contribution in [0, 0.1) is 0 Å². The van der Waals surface area contributed by atoms with Gasteiger partial charge in [0.15, 0.2) is 6.23 Å². The summed E-state index contributed by atoms with van der Waals surface area (Å²) < 4.78 is 4.73. The molecule has 8 heteroatoms. The number of para-hydroxylation sites is 1. The largest absolute Gasteiger partial charge is 0.404 e. The fourth-order valence-corrected chi connectivity index (χ4v) is 1.98. The smallest absolute Gasteiger partial charge is 0.376 e. The minimum atomic E-state index is -3.83. The maximum atomic E-state index is 9.77. The summed E-state index contributed by atoms with van der Waals surface area (Å²) in [7, 11) is 0. The second-order valence-corrected chi connectivity index (χ2v) is 6.06. The molecular weight excluding hydrogens is 275 g/mol. The third-order valence-electron chi connectivity index (χ3n) is 2.10. The molecule has 0 amide bonds. The Morgan fingerprint density at radius 2 is 1.94 bits per heavy atom. The van der Waals surface area contributed by atoms with Gasteiger partial charge in [0.05, 0.1) is 5.69 Å². The van der Waals surface area contributed by atoms with Gasteiger partial charge in [0.25, 0.3) is 0 Å². The zero-order chi connectivity index (χ0) is 13.2. The average molecular weight is 286 g/mol. The van der Waals surface area contributed by atoms with Crippen LogP contribution in [-0.4, -0.2) is 27.0 Å². The molecule has 1 aliphatic rings. The van der Waals surface area contributed by atoms with Crippen molar-refractivity contribution in [1.29, 1.82) is 0 Å². The monoisotopic (exact) mass is 286 g/mol. The maximum Gasteiger partial charge on any atom is 0.376 e. The highest BCUT2D eigenvalue weighted by atomic mass is 32.5. The summed E-state index contributed by atoms with van der Waals surface area (Å²) >= 11 is 4.35. The fraction of sp³-hybridized carbons (Fsp3) is 0.100. The summed E-state index contributed by atoms with van der Waals surface area (Å²) in [6, 6.07) is 8.91. The summed E-state index contributed by atoms with van der Waals surface area (Å²) in [6.07, 6.45) is 1.78. The molecule has 0 spiro atoms. The van der Waals surface area contributed by atoms with E-state index in [2.05, 4.69) is 16.9 Å². The molecular formula is C10H11N2O4PS. The van der Waals surface area contributed by atoms with Gasteiger partial charge in [0.1, 0.15) is 0 Å². The van der Waals surface area contributed by atoms with Crippen LogP contribution in [0.2, 0.25) is 0 Å². The first kappa shape index (κ1) is 13.2. The predicted molar refractivity (Wildman–Crippen MR) is 71.3 cm³/mol. The van der Waals surface area contributed by atoms with Gasteiger partial charge in [-0.05, 0) is 18.2 Å². The predicted octanol–water partition coefficient (Wildman–Crippen LogP) is 0.920. The van der Waals surface area contributed by atoms with Crippen LogP contribution in [0.1, 0.15) is 0 Å². The van der Waals surface area contributed by atoms with Crippen LogP contribution in [0.15, 0.2) is 47.6 Å². The number of aliphatic hydroxyl groups is 1. The molecule has 18 heavy (non-hydrogen) atoms. The summed E-state index contributed by atoms with van der Waals surface area (Å²) in [5.74, 6) is -0.0579. The number of benzene rings is 1. The van der Waals surface area contributed by atoms with Crippen LogP contribution < -0.4 is 5.01 Å². The molecule has 0 radical (unpaired) electrons. The minimum absolute atomic E-state index is 0.0579. The Morgan fingerprint density at radius 1 is 1.28 bits per heavy atom. The van der Waals surface area contributed by atoms with Crippen molar-refractivity contribution in [3.05, 3.63) is 42.5 Å². The van der Waals surface area contributed by atoms with Crippen molar-refractivity contribution in [1.82, 2.24) is 0 Å². The van der Waals surface area contributed by atoms with E-state index in [0.717, 1.165) is 0 Å². The highest BCUT2D eigenvalue weighted by Crippen LogP contribution is 2.37. The second kappa shape index (κ2) is 5.17. The number of anilines is 1. The molecule has 1 heterocycles. The number of hydrogen-bond acceptors (Lipinski definition) is 5. The van der Waals surface area contributed by atoms with Crippen LogP contribution in [0.3, 0.4) is 0 Å². The number of aliphatic hydroxyl groups excluding tert-OH is 1. The number of hydrazone groups is 1. The Labute approximate surface area is 109 Å². The van der Waals surface area contributed by atoms with Gasteiger partial charge in [-0.1, -0.05) is 18.2 Å². The molecule has 6 nitrogen and oxygen atoms in total. The Bertz CT molecular complexity index is 528. The van der Waals surface area contributed by atoms with Gasteiger partial charge in [-0.2, -0.15) is 0 Å². The molecule has 0 aliphatic carbocycles. The van der Waals surface area contributed by atoms with Crippen LogP contribution >= 0.6 is 6.72 Å². The van der Waals surface area contributed by atoms with Crippen LogP contribution in [0.4, 0.5) is 5.69 Å². The molecule has 0 bridgehead atoms. The molecule has 1 aromatic rings. The van der Waals surface area contributed by atoms with Gasteiger partial charge in [-0.3, -0.25) is 0 Å². The normalized spacial score (nSPS) is 19.6. The van der Waals surface area contributed by atoms with Crippen molar-refractivity contribution in [3.8, 4) is 0 Å². The standard InChI is InChI=1S/C10H11N2O4PS/c13-10-7-6-9(16-17(14,15)18)11-12(10)8-4-2-1-3-5-8/h1-7,10,13H,(H2,14,15,18). The van der Waals surface area contributed by atoms with E-state index in [1.54, 1.807) is 24.3 Å². The van der Waals surface area contributed by atoms with Gasteiger partial charge in [-0.25, -0.2) is 5.01 Å². The zero-order valence-corrected chi connectivity index (χ0v) is 10.8. The molecule has 1 aromatic carbocycles. The lowest BCUT2D eigenvalue weighted by molar-refractivity contribution is 0.214. The molecule has 0 aromatic heterocycles. The van der Waals surface area contributed by atoms with E-state index in [1.807, 2.05) is 6.07 Å². The summed E-state index contributed by atoms with van der Waals surface area (Å²) in [5, 5.41) is 15.0. The highest BCUT2D eigenvalue weighted by Gasteiger charge is 2.21. The van der Waals surface area contributed by atoms with E-state index in [9.17, 15) is 5.11 Å². The van der Waals surface area contributed by atoms with E-state index >= 15 is 0 Å². The lowest BCUT2D eigenvalue weighted by Gasteiger charge is -2.26. The SMILES string of the molecule is OC1C=CC(OP(O)(O)=S)=NN1c1ccccc1. The molecule has 96 valence electrons. The molecule has 1 aliphatic heterocycles. The third kappa shape index (κ3) is 3.38. The van der Waals surface area contributed by atoms with Gasteiger partial charge in [0, 0.05) is 17.9 Å². The van der Waals surface area contributed by atoms with Crippen molar-refractivity contribution in [2.45, 2.75) is 6.23 Å². The summed E-state index contributed by atoms with van der Waals surface area (Å²) in [5.41, 5.74) is 0.639. The van der Waals surface area contributed by atoms with E-state index in [-0.39, 0.29) is 5.90 Å². The van der Waals surface area contributed by atoms with Gasteiger partial charge < -0.3 is 19.4 Å². The Kier molecular flexibility index (Phi) is 3.79. The maximum absolute atomic E-state index is 9.77. The third-order valence-corrected chi connectivity index (χ3v) is 2.75. The van der Waals surface area contributed by atoms with Crippen molar-refractivity contribution in [3.63, 3.8) is 0 Å². The Hall–Kier alpha value is -1.24. The minimum Gasteiger partial charge on any atom is -0.404 e. The van der Waals surface area contributed by atoms with Gasteiger partial charge in [0.2, 0.25) is 5.90 Å². The lowest BCUT2D eigenvalue weighted by atomic mass is 10.3. The summed E-state index contributed by atoms with van der Waals surface area (Å²) in [4.78, 5) is 18.1. The summed E-state index contributed by atoms with van der Waals surface area (Å²) in [6.45, 7) is -3.83. The Morgan fingerprint density at radius 3 is 2.56 bits per heavy atom. The van der Waals surface area contributed by atoms with E-state index in [0.29, 0.717) is 5.69 Å². The van der Waals surface area contributed by atoms with E-state index < -0.39 is 12.9 Å². The number of nitrogens with zero attached hydrogens (tertiary/aromatic N) is 2. The van der Waals surface area contributed by atoms with Crippen molar-refractivity contribution in [2.24, 2.45) is 5.10 Å². The first-order valence-electron chi connectivity index (χ1n) is 5.00. The van der Waals surface area contributed by atoms with Gasteiger partial charge in [-0.15, -0.1) is 5.10 Å². The molecule has 1 unspecified atom stereocenters. The first-order valence-corrected chi connectivity index (χ1v) is 7.62.